The highest BCUT2D eigenvalue weighted by atomic mass is 19.4. The topological polar surface area (TPSA) is 60.9 Å². The fourth-order valence-corrected chi connectivity index (χ4v) is 3.79. The second-order valence-corrected chi connectivity index (χ2v) is 6.86. The van der Waals surface area contributed by atoms with E-state index >= 15 is 0 Å². The molecule has 146 valence electrons. The number of carboxylic acid groups (broad SMARTS) is 1. The minimum atomic E-state index is -4.88. The lowest BCUT2D eigenvalue weighted by Crippen LogP contribution is -2.40. The largest absolute Gasteiger partial charge is 0.471 e. The summed E-state index contributed by atoms with van der Waals surface area (Å²) in [6.07, 6.45) is -1.67. The Kier molecular flexibility index (Phi) is 5.43. The van der Waals surface area contributed by atoms with Gasteiger partial charge in [0.1, 0.15) is 0 Å². The van der Waals surface area contributed by atoms with Crippen LogP contribution in [0.5, 0.6) is 0 Å². The molecule has 0 saturated carbocycles. The van der Waals surface area contributed by atoms with E-state index in [1.165, 1.54) is 4.90 Å². The van der Waals surface area contributed by atoms with Gasteiger partial charge in [0, 0.05) is 19.6 Å². The molecule has 0 aromatic heterocycles. The molecule has 1 aromatic rings. The van der Waals surface area contributed by atoms with Gasteiger partial charge in [-0.15, -0.1) is 0 Å². The Hall–Kier alpha value is -2.51. The predicted octanol–water partition coefficient (Wildman–Crippen LogP) is 4.07. The van der Waals surface area contributed by atoms with Crippen molar-refractivity contribution in [1.82, 2.24) is 9.80 Å². The molecule has 2 aliphatic rings. The van der Waals surface area contributed by atoms with Gasteiger partial charge < -0.3 is 14.9 Å². The van der Waals surface area contributed by atoms with E-state index in [4.69, 9.17) is 5.11 Å². The first-order valence-electron chi connectivity index (χ1n) is 8.91. The van der Waals surface area contributed by atoms with Crippen molar-refractivity contribution in [3.63, 3.8) is 0 Å². The SMILES string of the molecule is O=C(O)N1CCC(=Cc2ccccc2C2CCCN2C(=O)C(F)(F)F)CC1. The van der Waals surface area contributed by atoms with Gasteiger partial charge in [0.25, 0.3) is 0 Å². The molecule has 1 aromatic carbocycles. The quantitative estimate of drug-likeness (QED) is 0.839. The van der Waals surface area contributed by atoms with Crippen LogP contribution in [0.15, 0.2) is 29.8 Å². The number of hydrogen-bond donors (Lipinski definition) is 1. The number of amides is 2. The Morgan fingerprint density at radius 2 is 1.78 bits per heavy atom. The number of carbonyl (C=O) groups is 2. The minimum Gasteiger partial charge on any atom is -0.465 e. The smallest absolute Gasteiger partial charge is 0.465 e. The van der Waals surface area contributed by atoms with Crippen LogP contribution in [0.1, 0.15) is 42.9 Å². The van der Waals surface area contributed by atoms with E-state index in [2.05, 4.69) is 0 Å². The van der Waals surface area contributed by atoms with Gasteiger partial charge in [0.2, 0.25) is 0 Å². The Labute approximate surface area is 155 Å². The van der Waals surface area contributed by atoms with Gasteiger partial charge in [0.15, 0.2) is 0 Å². The van der Waals surface area contributed by atoms with Crippen LogP contribution in [0.2, 0.25) is 0 Å². The Balaban J connectivity index is 1.83. The van der Waals surface area contributed by atoms with E-state index in [0.717, 1.165) is 16.0 Å². The van der Waals surface area contributed by atoms with Gasteiger partial charge in [-0.3, -0.25) is 4.79 Å². The lowest BCUT2D eigenvalue weighted by atomic mass is 9.94. The number of rotatable bonds is 2. The molecule has 0 spiro atoms. The molecule has 0 aliphatic carbocycles. The summed E-state index contributed by atoms with van der Waals surface area (Å²) in [5, 5.41) is 9.03. The molecule has 2 fully saturated rings. The molecule has 2 aliphatic heterocycles. The number of piperidine rings is 1. The summed E-state index contributed by atoms with van der Waals surface area (Å²) < 4.78 is 38.7. The van der Waals surface area contributed by atoms with Crippen LogP contribution in [0.3, 0.4) is 0 Å². The molecule has 5 nitrogen and oxygen atoms in total. The van der Waals surface area contributed by atoms with Gasteiger partial charge in [-0.1, -0.05) is 35.9 Å². The number of hydrogen-bond acceptors (Lipinski definition) is 2. The molecule has 2 saturated heterocycles. The third-order valence-electron chi connectivity index (χ3n) is 5.15. The fraction of sp³-hybridized carbons (Fsp3) is 0.474. The van der Waals surface area contributed by atoms with Crippen molar-refractivity contribution in [2.45, 2.75) is 37.9 Å². The maximum atomic E-state index is 12.9. The van der Waals surface area contributed by atoms with Gasteiger partial charge in [-0.25, -0.2) is 4.79 Å². The summed E-state index contributed by atoms with van der Waals surface area (Å²) in [6.45, 7) is 0.915. The fourth-order valence-electron chi connectivity index (χ4n) is 3.79. The van der Waals surface area contributed by atoms with Crippen LogP contribution in [-0.4, -0.2) is 52.7 Å². The molecule has 1 unspecified atom stereocenters. The molecule has 1 atom stereocenters. The highest BCUT2D eigenvalue weighted by Crippen LogP contribution is 2.37. The average molecular weight is 382 g/mol. The third-order valence-corrected chi connectivity index (χ3v) is 5.15. The lowest BCUT2D eigenvalue weighted by molar-refractivity contribution is -0.186. The van der Waals surface area contributed by atoms with Crippen LogP contribution in [0.25, 0.3) is 6.08 Å². The highest BCUT2D eigenvalue weighted by Gasteiger charge is 2.46. The summed E-state index contributed by atoms with van der Waals surface area (Å²) in [4.78, 5) is 25.1. The van der Waals surface area contributed by atoms with Gasteiger partial charge in [0.05, 0.1) is 6.04 Å². The van der Waals surface area contributed by atoms with E-state index in [1.807, 2.05) is 18.2 Å². The average Bonchev–Trinajstić information content (AvgIpc) is 3.10. The standard InChI is InChI=1S/C19H21F3N2O3/c20-19(21,22)17(25)24-9-3-6-16(24)15-5-2-1-4-14(15)12-13-7-10-23(11-8-13)18(26)27/h1-2,4-5,12,16H,3,6-11H2,(H,26,27). The molecular formula is C19H21F3N2O3. The maximum Gasteiger partial charge on any atom is 0.471 e. The van der Waals surface area contributed by atoms with Gasteiger partial charge in [-0.05, 0) is 36.8 Å². The first-order chi connectivity index (χ1) is 12.8. The van der Waals surface area contributed by atoms with Crippen molar-refractivity contribution in [2.75, 3.05) is 19.6 Å². The van der Waals surface area contributed by atoms with Gasteiger partial charge in [-0.2, -0.15) is 13.2 Å². The molecular weight excluding hydrogens is 361 g/mol. The van der Waals surface area contributed by atoms with Crippen LogP contribution >= 0.6 is 0 Å². The lowest BCUT2D eigenvalue weighted by Gasteiger charge is -2.28. The summed E-state index contributed by atoms with van der Waals surface area (Å²) in [5.74, 6) is -1.79. The van der Waals surface area contributed by atoms with Crippen molar-refractivity contribution in [1.29, 1.82) is 0 Å². The van der Waals surface area contributed by atoms with Crippen molar-refractivity contribution >= 4 is 18.1 Å². The van der Waals surface area contributed by atoms with Crippen LogP contribution < -0.4 is 0 Å². The summed E-state index contributed by atoms with van der Waals surface area (Å²) >= 11 is 0. The molecule has 0 radical (unpaired) electrons. The van der Waals surface area contributed by atoms with Gasteiger partial charge >= 0.3 is 18.2 Å². The zero-order valence-electron chi connectivity index (χ0n) is 14.7. The Bertz CT molecular complexity index is 751. The monoisotopic (exact) mass is 382 g/mol. The molecule has 27 heavy (non-hydrogen) atoms. The van der Waals surface area contributed by atoms with Crippen molar-refractivity contribution in [3.8, 4) is 0 Å². The molecule has 2 amide bonds. The molecule has 2 heterocycles. The van der Waals surface area contributed by atoms with Crippen LogP contribution in [0.4, 0.5) is 18.0 Å². The second kappa shape index (κ2) is 7.62. The number of benzene rings is 1. The molecule has 1 N–H and O–H groups in total. The summed E-state index contributed by atoms with van der Waals surface area (Å²) in [6, 6.07) is 6.59. The molecule has 8 heteroatoms. The molecule has 3 rings (SSSR count). The van der Waals surface area contributed by atoms with E-state index in [0.29, 0.717) is 44.3 Å². The normalized spacial score (nSPS) is 20.7. The second-order valence-electron chi connectivity index (χ2n) is 6.86. The summed E-state index contributed by atoms with van der Waals surface area (Å²) in [7, 11) is 0. The highest BCUT2D eigenvalue weighted by molar-refractivity contribution is 5.82. The van der Waals surface area contributed by atoms with E-state index < -0.39 is 24.2 Å². The first kappa shape index (κ1) is 19.3. The predicted molar refractivity (Wildman–Crippen MR) is 93.0 cm³/mol. The van der Waals surface area contributed by atoms with Crippen molar-refractivity contribution in [2.24, 2.45) is 0 Å². The van der Waals surface area contributed by atoms with Crippen molar-refractivity contribution < 1.29 is 27.9 Å². The number of carbonyl (C=O) groups excluding carboxylic acids is 1. The summed E-state index contributed by atoms with van der Waals surface area (Å²) in [5.41, 5.74) is 2.57. The van der Waals surface area contributed by atoms with Crippen LogP contribution in [0, 0.1) is 0 Å². The zero-order valence-corrected chi connectivity index (χ0v) is 14.7. The number of nitrogens with zero attached hydrogens (tertiary/aromatic N) is 2. The van der Waals surface area contributed by atoms with Crippen LogP contribution in [-0.2, 0) is 4.79 Å². The van der Waals surface area contributed by atoms with E-state index in [9.17, 15) is 22.8 Å². The number of alkyl halides is 3. The minimum absolute atomic E-state index is 0.0987. The van der Waals surface area contributed by atoms with E-state index in [-0.39, 0.29) is 6.54 Å². The Morgan fingerprint density at radius 3 is 2.41 bits per heavy atom. The molecule has 0 bridgehead atoms. The zero-order chi connectivity index (χ0) is 19.6. The Morgan fingerprint density at radius 1 is 1.11 bits per heavy atom. The van der Waals surface area contributed by atoms with Crippen molar-refractivity contribution in [3.05, 3.63) is 41.0 Å². The van der Waals surface area contributed by atoms with E-state index in [1.54, 1.807) is 12.1 Å². The third kappa shape index (κ3) is 4.26. The number of likely N-dealkylation sites (tertiary alicyclic amines) is 2. The number of halogens is 3. The maximum absolute atomic E-state index is 12.9. The first-order valence-corrected chi connectivity index (χ1v) is 8.91.